The Morgan fingerprint density at radius 2 is 2.00 bits per heavy atom. The monoisotopic (exact) mass is 318 g/mol. The Morgan fingerprint density at radius 3 is 2.75 bits per heavy atom. The average molecular weight is 318 g/mol. The third-order valence-electron chi connectivity index (χ3n) is 4.13. The number of imidazole rings is 1. The van der Waals surface area contributed by atoms with Crippen molar-refractivity contribution in [2.45, 2.75) is 39.8 Å². The third-order valence-corrected chi connectivity index (χ3v) is 4.13. The summed E-state index contributed by atoms with van der Waals surface area (Å²) in [7, 11) is 0. The van der Waals surface area contributed by atoms with Crippen molar-refractivity contribution in [1.29, 1.82) is 0 Å². The summed E-state index contributed by atoms with van der Waals surface area (Å²) >= 11 is 0. The summed E-state index contributed by atoms with van der Waals surface area (Å²) in [5.74, 6) is 4.89. The van der Waals surface area contributed by atoms with Gasteiger partial charge in [-0.25, -0.2) is 4.98 Å². The lowest BCUT2D eigenvalue weighted by Crippen LogP contribution is -2.08. The van der Waals surface area contributed by atoms with E-state index in [1.54, 1.807) is 0 Å². The Hall–Kier alpha value is -2.73. The summed E-state index contributed by atoms with van der Waals surface area (Å²) in [6, 6.07) is 14.4. The zero-order chi connectivity index (χ0) is 17.1. The van der Waals surface area contributed by atoms with Gasteiger partial charge in [0.1, 0.15) is 18.2 Å². The first-order valence-corrected chi connectivity index (χ1v) is 8.21. The molecule has 0 N–H and O–H groups in total. The van der Waals surface area contributed by atoms with Crippen LogP contribution in [0, 0.1) is 19.3 Å². The zero-order valence-corrected chi connectivity index (χ0v) is 14.4. The average Bonchev–Trinajstić information content (AvgIpc) is 2.91. The highest BCUT2D eigenvalue weighted by Gasteiger charge is 2.13. The molecule has 0 aliphatic carbocycles. The predicted molar refractivity (Wildman–Crippen MR) is 98.2 cm³/mol. The number of fused-ring (bicyclic) bond motifs is 1. The maximum absolute atomic E-state index is 6.13. The SMILES string of the molecule is C#CCn1c(COc2cc(C)ccc2C(C)C)nc2ccccc21. The van der Waals surface area contributed by atoms with Crippen molar-refractivity contribution < 1.29 is 4.74 Å². The first kappa shape index (κ1) is 16.1. The lowest BCUT2D eigenvalue weighted by Gasteiger charge is -2.15. The van der Waals surface area contributed by atoms with Crippen LogP contribution in [-0.2, 0) is 13.2 Å². The van der Waals surface area contributed by atoms with Gasteiger partial charge in [-0.2, -0.15) is 0 Å². The minimum atomic E-state index is 0.402. The van der Waals surface area contributed by atoms with Crippen molar-refractivity contribution in [3.05, 3.63) is 59.4 Å². The second-order valence-corrected chi connectivity index (χ2v) is 6.29. The molecule has 0 amide bonds. The van der Waals surface area contributed by atoms with E-state index in [2.05, 4.69) is 49.9 Å². The van der Waals surface area contributed by atoms with Crippen molar-refractivity contribution in [2.75, 3.05) is 0 Å². The molecule has 0 unspecified atom stereocenters. The highest BCUT2D eigenvalue weighted by molar-refractivity contribution is 5.76. The molecule has 0 atom stereocenters. The lowest BCUT2D eigenvalue weighted by atomic mass is 10.0. The normalized spacial score (nSPS) is 11.0. The summed E-state index contributed by atoms with van der Waals surface area (Å²) in [4.78, 5) is 4.69. The van der Waals surface area contributed by atoms with E-state index in [0.29, 0.717) is 19.1 Å². The number of ether oxygens (including phenoxy) is 1. The topological polar surface area (TPSA) is 27.1 Å². The molecule has 1 aromatic heterocycles. The van der Waals surface area contributed by atoms with Gasteiger partial charge in [-0.05, 0) is 42.2 Å². The van der Waals surface area contributed by atoms with Gasteiger partial charge in [-0.1, -0.05) is 44.0 Å². The van der Waals surface area contributed by atoms with Crippen molar-refractivity contribution in [3.8, 4) is 18.1 Å². The van der Waals surface area contributed by atoms with E-state index in [9.17, 15) is 0 Å². The van der Waals surface area contributed by atoms with E-state index in [1.807, 2.05) is 28.8 Å². The number of para-hydroxylation sites is 2. The molecule has 0 spiro atoms. The van der Waals surface area contributed by atoms with E-state index in [4.69, 9.17) is 11.2 Å². The van der Waals surface area contributed by atoms with Gasteiger partial charge >= 0.3 is 0 Å². The van der Waals surface area contributed by atoms with Crippen LogP contribution < -0.4 is 4.74 Å². The van der Waals surface area contributed by atoms with Crippen LogP contribution in [0.3, 0.4) is 0 Å². The largest absolute Gasteiger partial charge is 0.485 e. The van der Waals surface area contributed by atoms with Gasteiger partial charge in [0.2, 0.25) is 0 Å². The van der Waals surface area contributed by atoms with Gasteiger partial charge in [-0.3, -0.25) is 0 Å². The highest BCUT2D eigenvalue weighted by Crippen LogP contribution is 2.28. The number of hydrogen-bond donors (Lipinski definition) is 0. The summed E-state index contributed by atoms with van der Waals surface area (Å²) in [5, 5.41) is 0. The van der Waals surface area contributed by atoms with E-state index in [1.165, 1.54) is 11.1 Å². The minimum absolute atomic E-state index is 0.402. The summed E-state index contributed by atoms with van der Waals surface area (Å²) in [6.45, 7) is 7.31. The molecule has 0 aliphatic rings. The maximum Gasteiger partial charge on any atom is 0.148 e. The lowest BCUT2D eigenvalue weighted by molar-refractivity contribution is 0.287. The van der Waals surface area contributed by atoms with Crippen LogP contribution in [0.25, 0.3) is 11.0 Å². The molecule has 24 heavy (non-hydrogen) atoms. The molecule has 3 heteroatoms. The fourth-order valence-corrected chi connectivity index (χ4v) is 2.89. The van der Waals surface area contributed by atoms with E-state index in [-0.39, 0.29) is 0 Å². The zero-order valence-electron chi connectivity index (χ0n) is 14.4. The molecule has 122 valence electrons. The van der Waals surface area contributed by atoms with Crippen LogP contribution in [0.1, 0.15) is 36.7 Å². The van der Waals surface area contributed by atoms with E-state index >= 15 is 0 Å². The standard InChI is InChI=1S/C21H22N2O/c1-5-12-23-19-9-7-6-8-18(19)22-21(23)14-24-20-13-16(4)10-11-17(20)15(2)3/h1,6-11,13,15H,12,14H2,2-4H3. The number of aryl methyl sites for hydroxylation is 1. The van der Waals surface area contributed by atoms with Crippen LogP contribution in [0.5, 0.6) is 5.75 Å². The molecular formula is C21H22N2O. The van der Waals surface area contributed by atoms with Gasteiger partial charge < -0.3 is 9.30 Å². The number of nitrogens with zero attached hydrogens (tertiary/aromatic N) is 2. The van der Waals surface area contributed by atoms with Crippen LogP contribution >= 0.6 is 0 Å². The molecule has 0 radical (unpaired) electrons. The van der Waals surface area contributed by atoms with Gasteiger partial charge in [0.05, 0.1) is 17.6 Å². The molecule has 0 fully saturated rings. The molecular weight excluding hydrogens is 296 g/mol. The molecule has 1 heterocycles. The number of benzene rings is 2. The Morgan fingerprint density at radius 1 is 1.21 bits per heavy atom. The molecule has 3 nitrogen and oxygen atoms in total. The quantitative estimate of drug-likeness (QED) is 0.639. The number of rotatable bonds is 5. The van der Waals surface area contributed by atoms with Crippen LogP contribution in [0.15, 0.2) is 42.5 Å². The van der Waals surface area contributed by atoms with Gasteiger partial charge in [0.25, 0.3) is 0 Å². The van der Waals surface area contributed by atoms with Crippen LogP contribution in [0.4, 0.5) is 0 Å². The Balaban J connectivity index is 1.93. The summed E-state index contributed by atoms with van der Waals surface area (Å²) < 4.78 is 8.17. The highest BCUT2D eigenvalue weighted by atomic mass is 16.5. The molecule has 0 saturated heterocycles. The van der Waals surface area contributed by atoms with Crippen molar-refractivity contribution >= 4 is 11.0 Å². The molecule has 0 bridgehead atoms. The minimum Gasteiger partial charge on any atom is -0.485 e. The fourth-order valence-electron chi connectivity index (χ4n) is 2.89. The van der Waals surface area contributed by atoms with E-state index in [0.717, 1.165) is 22.6 Å². The molecule has 3 aromatic rings. The Kier molecular flexibility index (Phi) is 4.57. The van der Waals surface area contributed by atoms with Crippen molar-refractivity contribution in [3.63, 3.8) is 0 Å². The molecule has 3 rings (SSSR count). The summed E-state index contributed by atoms with van der Waals surface area (Å²) in [6.07, 6.45) is 5.53. The van der Waals surface area contributed by atoms with Crippen molar-refractivity contribution in [2.24, 2.45) is 0 Å². The molecule has 2 aromatic carbocycles. The second-order valence-electron chi connectivity index (χ2n) is 6.29. The number of aromatic nitrogens is 2. The Bertz CT molecular complexity index is 900. The number of hydrogen-bond acceptors (Lipinski definition) is 2. The van der Waals surface area contributed by atoms with Gasteiger partial charge in [-0.15, -0.1) is 6.42 Å². The second kappa shape index (κ2) is 6.80. The Labute approximate surface area is 143 Å². The van der Waals surface area contributed by atoms with E-state index < -0.39 is 0 Å². The summed E-state index contributed by atoms with van der Waals surface area (Å²) in [5.41, 5.74) is 4.38. The third kappa shape index (κ3) is 3.14. The molecule has 0 aliphatic heterocycles. The predicted octanol–water partition coefficient (Wildman–Crippen LogP) is 4.68. The fraction of sp³-hybridized carbons (Fsp3) is 0.286. The first-order chi connectivity index (χ1) is 11.6. The first-order valence-electron chi connectivity index (χ1n) is 8.21. The van der Waals surface area contributed by atoms with Crippen molar-refractivity contribution in [1.82, 2.24) is 9.55 Å². The smallest absolute Gasteiger partial charge is 0.148 e. The number of terminal acetylenes is 1. The molecule has 0 saturated carbocycles. The van der Waals surface area contributed by atoms with Crippen LogP contribution in [0.2, 0.25) is 0 Å². The maximum atomic E-state index is 6.13. The van der Waals surface area contributed by atoms with Crippen LogP contribution in [-0.4, -0.2) is 9.55 Å². The van der Waals surface area contributed by atoms with Gasteiger partial charge in [0.15, 0.2) is 0 Å². The van der Waals surface area contributed by atoms with Gasteiger partial charge in [0, 0.05) is 0 Å².